The van der Waals surface area contributed by atoms with E-state index in [1.807, 2.05) is 6.08 Å². The zero-order valence-electron chi connectivity index (χ0n) is 30.5. The number of hydrogen-bond acceptors (Lipinski definition) is 4. The Morgan fingerprint density at radius 1 is 0.543 bits per heavy atom. The maximum absolute atomic E-state index is 12.4. The van der Waals surface area contributed by atoms with Crippen LogP contribution in [0.15, 0.2) is 36.5 Å². The average Bonchev–Trinajstić information content (AvgIpc) is 3.05. The summed E-state index contributed by atoms with van der Waals surface area (Å²) in [6, 6.07) is -0.763. The van der Waals surface area contributed by atoms with Gasteiger partial charge in [0.05, 0.1) is 31.3 Å². The van der Waals surface area contributed by atoms with Gasteiger partial charge in [0, 0.05) is 0 Å². The fourth-order valence-corrected chi connectivity index (χ4v) is 5.84. The quantitative estimate of drug-likeness (QED) is 0.0407. The molecule has 0 aliphatic heterocycles. The molecule has 0 aromatic carbocycles. The molecule has 0 rings (SSSR count). The molecule has 270 valence electrons. The first-order valence-electron chi connectivity index (χ1n) is 19.8. The lowest BCUT2D eigenvalue weighted by Crippen LogP contribution is -2.45. The van der Waals surface area contributed by atoms with Gasteiger partial charge in [0.1, 0.15) is 0 Å². The second-order valence-corrected chi connectivity index (χ2v) is 13.5. The second kappa shape index (κ2) is 36.4. The number of aliphatic hydroxyl groups is 3. The lowest BCUT2D eigenvalue weighted by Gasteiger charge is -2.21. The molecule has 46 heavy (non-hydrogen) atoms. The van der Waals surface area contributed by atoms with Crippen molar-refractivity contribution in [3.63, 3.8) is 0 Å². The maximum Gasteiger partial charge on any atom is 0.222 e. The molecule has 3 unspecified atom stereocenters. The first kappa shape index (κ1) is 44.6. The molecule has 0 aliphatic carbocycles. The summed E-state index contributed by atoms with van der Waals surface area (Å²) in [4.78, 5) is 12.4. The molecule has 5 heteroatoms. The summed E-state index contributed by atoms with van der Waals surface area (Å²) in [5.41, 5.74) is 0. The summed E-state index contributed by atoms with van der Waals surface area (Å²) in [7, 11) is 0. The summed E-state index contributed by atoms with van der Waals surface area (Å²) in [6.45, 7) is 4.18. The van der Waals surface area contributed by atoms with Gasteiger partial charge in [-0.15, -0.1) is 0 Å². The Bertz CT molecular complexity index is 719. The number of hydrogen-bond donors (Lipinski definition) is 4. The van der Waals surface area contributed by atoms with Crippen LogP contribution in [0.2, 0.25) is 0 Å². The maximum atomic E-state index is 12.4. The van der Waals surface area contributed by atoms with Crippen molar-refractivity contribution < 1.29 is 20.1 Å². The summed E-state index contributed by atoms with van der Waals surface area (Å²) in [5, 5.41) is 33.0. The average molecular weight is 648 g/mol. The normalized spacial score (nSPS) is 14.1. The van der Waals surface area contributed by atoms with Crippen LogP contribution in [-0.2, 0) is 4.79 Å². The molecule has 0 radical (unpaired) electrons. The molecular formula is C41H77NO4. The first-order valence-corrected chi connectivity index (χ1v) is 19.8. The Morgan fingerprint density at radius 3 is 1.39 bits per heavy atom. The number of rotatable bonds is 35. The zero-order chi connectivity index (χ0) is 33.8. The highest BCUT2D eigenvalue weighted by molar-refractivity contribution is 5.76. The molecule has 5 nitrogen and oxygen atoms in total. The third-order valence-electron chi connectivity index (χ3n) is 8.91. The molecule has 0 heterocycles. The number of unbranched alkanes of at least 4 members (excludes halogenated alkanes) is 22. The van der Waals surface area contributed by atoms with Crippen LogP contribution in [0.4, 0.5) is 0 Å². The Morgan fingerprint density at radius 2 is 0.935 bits per heavy atom. The van der Waals surface area contributed by atoms with Crippen LogP contribution in [0.1, 0.15) is 194 Å². The Hall–Kier alpha value is -1.43. The monoisotopic (exact) mass is 648 g/mol. The van der Waals surface area contributed by atoms with Crippen LogP contribution < -0.4 is 5.32 Å². The molecule has 0 aromatic rings. The first-order chi connectivity index (χ1) is 22.5. The van der Waals surface area contributed by atoms with E-state index >= 15 is 0 Å². The van der Waals surface area contributed by atoms with Gasteiger partial charge < -0.3 is 20.6 Å². The van der Waals surface area contributed by atoms with Crippen molar-refractivity contribution in [1.29, 1.82) is 0 Å². The predicted octanol–water partition coefficient (Wildman–Crippen LogP) is 10.8. The Balaban J connectivity index is 3.79. The molecular weight excluding hydrogens is 570 g/mol. The van der Waals surface area contributed by atoms with Gasteiger partial charge in [-0.25, -0.2) is 0 Å². The lowest BCUT2D eigenvalue weighted by atomic mass is 10.0. The van der Waals surface area contributed by atoms with E-state index in [9.17, 15) is 20.1 Å². The smallest absolute Gasteiger partial charge is 0.222 e. The van der Waals surface area contributed by atoms with Gasteiger partial charge in [-0.1, -0.05) is 179 Å². The molecule has 0 aliphatic rings. The lowest BCUT2D eigenvalue weighted by molar-refractivity contribution is -0.124. The molecule has 0 saturated heterocycles. The molecule has 3 atom stereocenters. The van der Waals surface area contributed by atoms with E-state index in [-0.39, 0.29) is 18.9 Å². The number of carbonyl (C=O) groups is 1. The Kier molecular flexibility index (Phi) is 35.3. The number of amides is 1. The second-order valence-electron chi connectivity index (χ2n) is 13.5. The number of allylic oxidation sites excluding steroid dienone is 5. The highest BCUT2D eigenvalue weighted by atomic mass is 16.3. The molecule has 1 amide bonds. The molecule has 0 bridgehead atoms. The molecule has 0 saturated carbocycles. The minimum absolute atomic E-state index is 0.00417. The number of nitrogens with one attached hydrogen (secondary N) is 1. The fraction of sp³-hybridized carbons (Fsp3) is 0.829. The SMILES string of the molecule is CCCCCCCCCCC/C=C/CC/C=C/CC/C=C/C(O)C(CO)NC(=O)CC(O)CCCCCCCCCCCCCC. The van der Waals surface area contributed by atoms with Crippen LogP contribution in [0, 0.1) is 0 Å². The summed E-state index contributed by atoms with van der Waals surface area (Å²) in [6.07, 6.45) is 44.2. The fourth-order valence-electron chi connectivity index (χ4n) is 5.84. The van der Waals surface area contributed by atoms with E-state index in [1.54, 1.807) is 6.08 Å². The molecule has 0 aromatic heterocycles. The Labute approximate surface area is 285 Å². The van der Waals surface area contributed by atoms with E-state index in [0.717, 1.165) is 38.5 Å². The molecule has 0 fully saturated rings. The van der Waals surface area contributed by atoms with Crippen LogP contribution in [0.5, 0.6) is 0 Å². The van der Waals surface area contributed by atoms with Gasteiger partial charge in [0.25, 0.3) is 0 Å². The van der Waals surface area contributed by atoms with Crippen molar-refractivity contribution in [2.24, 2.45) is 0 Å². The van der Waals surface area contributed by atoms with Crippen molar-refractivity contribution >= 4 is 5.91 Å². The van der Waals surface area contributed by atoms with Gasteiger partial charge in [-0.3, -0.25) is 4.79 Å². The summed E-state index contributed by atoms with van der Waals surface area (Å²) < 4.78 is 0. The summed E-state index contributed by atoms with van der Waals surface area (Å²) >= 11 is 0. The van der Waals surface area contributed by atoms with Crippen LogP contribution >= 0.6 is 0 Å². The van der Waals surface area contributed by atoms with Gasteiger partial charge in [-0.05, 0) is 44.9 Å². The van der Waals surface area contributed by atoms with Crippen molar-refractivity contribution in [3.8, 4) is 0 Å². The van der Waals surface area contributed by atoms with Crippen LogP contribution in [-0.4, -0.2) is 46.1 Å². The van der Waals surface area contributed by atoms with Crippen molar-refractivity contribution in [2.75, 3.05) is 6.61 Å². The predicted molar refractivity (Wildman–Crippen MR) is 199 cm³/mol. The number of carbonyl (C=O) groups excluding carboxylic acids is 1. The molecule has 0 spiro atoms. The minimum atomic E-state index is -0.956. The molecule has 4 N–H and O–H groups in total. The van der Waals surface area contributed by atoms with Gasteiger partial charge >= 0.3 is 0 Å². The zero-order valence-corrected chi connectivity index (χ0v) is 30.5. The van der Waals surface area contributed by atoms with Crippen molar-refractivity contribution in [1.82, 2.24) is 5.32 Å². The van der Waals surface area contributed by atoms with Crippen molar-refractivity contribution in [3.05, 3.63) is 36.5 Å². The standard InChI is InChI=1S/C41H77NO4/c1-3-5-7-9-11-13-15-17-18-19-20-21-22-23-25-27-29-31-33-35-40(45)39(37-43)42-41(46)36-38(44)34-32-30-28-26-24-16-14-12-10-8-6-4-2/h20-21,25,27,33,35,38-40,43-45H,3-19,22-24,26,28-32,34,36-37H2,1-2H3,(H,42,46)/b21-20+,27-25+,35-33+. The topological polar surface area (TPSA) is 89.8 Å². The highest BCUT2D eigenvalue weighted by Gasteiger charge is 2.20. The van der Waals surface area contributed by atoms with Crippen molar-refractivity contribution in [2.45, 2.75) is 212 Å². The minimum Gasteiger partial charge on any atom is -0.394 e. The van der Waals surface area contributed by atoms with E-state index in [1.165, 1.54) is 128 Å². The number of aliphatic hydroxyl groups excluding tert-OH is 3. The highest BCUT2D eigenvalue weighted by Crippen LogP contribution is 2.14. The summed E-state index contributed by atoms with van der Waals surface area (Å²) in [5.74, 6) is -0.330. The van der Waals surface area contributed by atoms with E-state index in [2.05, 4.69) is 43.5 Å². The largest absolute Gasteiger partial charge is 0.394 e. The van der Waals surface area contributed by atoms with E-state index < -0.39 is 18.2 Å². The van der Waals surface area contributed by atoms with Gasteiger partial charge in [-0.2, -0.15) is 0 Å². The van der Waals surface area contributed by atoms with Crippen LogP contribution in [0.3, 0.4) is 0 Å². The van der Waals surface area contributed by atoms with E-state index in [0.29, 0.717) is 6.42 Å². The third-order valence-corrected chi connectivity index (χ3v) is 8.91. The van der Waals surface area contributed by atoms with Gasteiger partial charge in [0.15, 0.2) is 0 Å². The third kappa shape index (κ3) is 32.5. The van der Waals surface area contributed by atoms with Gasteiger partial charge in [0.2, 0.25) is 5.91 Å². The van der Waals surface area contributed by atoms with Crippen LogP contribution in [0.25, 0.3) is 0 Å². The van der Waals surface area contributed by atoms with E-state index in [4.69, 9.17) is 0 Å².